The zero-order valence-corrected chi connectivity index (χ0v) is 10.9. The number of rotatable bonds is 4. The Labute approximate surface area is 112 Å². The number of anilines is 2. The minimum absolute atomic E-state index is 0.00303. The molecular formula is C15H17N3O. The fourth-order valence-corrected chi connectivity index (χ4v) is 1.83. The molecule has 2 aromatic rings. The Balaban J connectivity index is 1.90. The van der Waals surface area contributed by atoms with Crippen LogP contribution in [0, 0.1) is 6.92 Å². The van der Waals surface area contributed by atoms with Gasteiger partial charge in [-0.05, 0) is 42.7 Å². The summed E-state index contributed by atoms with van der Waals surface area (Å²) in [6, 6.07) is 9.40. The highest BCUT2D eigenvalue weighted by atomic mass is 16.1. The van der Waals surface area contributed by atoms with Gasteiger partial charge in [0, 0.05) is 30.2 Å². The van der Waals surface area contributed by atoms with Gasteiger partial charge in [0.05, 0.1) is 0 Å². The standard InChI is InChI=1S/C15H17N3O/c1-11-10-17-8-7-14(11)18-15(19)6-5-12-3-2-4-13(16)9-12/h2-4,7-10H,5-6,16H2,1H3,(H,17,18,19). The van der Waals surface area contributed by atoms with Crippen LogP contribution in [-0.4, -0.2) is 10.9 Å². The first-order chi connectivity index (χ1) is 9.15. The monoisotopic (exact) mass is 255 g/mol. The molecule has 0 bridgehead atoms. The molecule has 98 valence electrons. The third kappa shape index (κ3) is 3.81. The summed E-state index contributed by atoms with van der Waals surface area (Å²) >= 11 is 0. The second-order valence-corrected chi connectivity index (χ2v) is 4.48. The molecule has 0 aliphatic heterocycles. The second-order valence-electron chi connectivity index (χ2n) is 4.48. The van der Waals surface area contributed by atoms with E-state index in [4.69, 9.17) is 5.73 Å². The third-order valence-corrected chi connectivity index (χ3v) is 2.89. The molecule has 1 aromatic carbocycles. The number of benzene rings is 1. The van der Waals surface area contributed by atoms with E-state index in [1.54, 1.807) is 18.5 Å². The maximum atomic E-state index is 11.9. The summed E-state index contributed by atoms with van der Waals surface area (Å²) < 4.78 is 0. The van der Waals surface area contributed by atoms with Crippen LogP contribution in [-0.2, 0) is 11.2 Å². The average Bonchev–Trinajstić information content (AvgIpc) is 2.39. The lowest BCUT2D eigenvalue weighted by Crippen LogP contribution is -2.13. The molecule has 0 saturated heterocycles. The molecule has 0 aliphatic rings. The van der Waals surface area contributed by atoms with Crippen molar-refractivity contribution in [3.63, 3.8) is 0 Å². The number of nitrogens with one attached hydrogen (secondary N) is 1. The minimum atomic E-state index is -0.00303. The molecule has 2 rings (SSSR count). The van der Waals surface area contributed by atoms with Crippen molar-refractivity contribution in [2.24, 2.45) is 0 Å². The summed E-state index contributed by atoms with van der Waals surface area (Å²) in [4.78, 5) is 15.9. The van der Waals surface area contributed by atoms with E-state index in [0.717, 1.165) is 22.5 Å². The van der Waals surface area contributed by atoms with Gasteiger partial charge in [0.25, 0.3) is 0 Å². The van der Waals surface area contributed by atoms with Gasteiger partial charge in [-0.25, -0.2) is 0 Å². The maximum absolute atomic E-state index is 11.9. The number of nitrogen functional groups attached to an aromatic ring is 1. The summed E-state index contributed by atoms with van der Waals surface area (Å²) in [6.45, 7) is 1.92. The highest BCUT2D eigenvalue weighted by Gasteiger charge is 2.05. The third-order valence-electron chi connectivity index (χ3n) is 2.89. The van der Waals surface area contributed by atoms with Gasteiger partial charge in [0.15, 0.2) is 0 Å². The zero-order valence-electron chi connectivity index (χ0n) is 10.9. The number of carbonyl (C=O) groups is 1. The number of nitrogens with zero attached hydrogens (tertiary/aromatic N) is 1. The van der Waals surface area contributed by atoms with Gasteiger partial charge in [-0.3, -0.25) is 9.78 Å². The highest BCUT2D eigenvalue weighted by Crippen LogP contribution is 2.13. The van der Waals surface area contributed by atoms with Crippen LogP contribution in [0.3, 0.4) is 0 Å². The van der Waals surface area contributed by atoms with E-state index in [0.29, 0.717) is 12.8 Å². The molecule has 0 radical (unpaired) electrons. The topological polar surface area (TPSA) is 68.0 Å². The zero-order chi connectivity index (χ0) is 13.7. The summed E-state index contributed by atoms with van der Waals surface area (Å²) in [5, 5.41) is 2.88. The number of nitrogens with two attached hydrogens (primary N) is 1. The van der Waals surface area contributed by atoms with Crippen LogP contribution in [0.5, 0.6) is 0 Å². The Morgan fingerprint density at radius 2 is 2.21 bits per heavy atom. The van der Waals surface area contributed by atoms with E-state index in [-0.39, 0.29) is 5.91 Å². The number of carbonyl (C=O) groups excluding carboxylic acids is 1. The normalized spacial score (nSPS) is 10.2. The molecule has 0 fully saturated rings. The van der Waals surface area contributed by atoms with Crippen molar-refractivity contribution in [1.82, 2.24) is 4.98 Å². The summed E-state index contributed by atoms with van der Waals surface area (Å²) in [5.74, 6) is -0.00303. The maximum Gasteiger partial charge on any atom is 0.224 e. The van der Waals surface area contributed by atoms with Crippen molar-refractivity contribution in [2.45, 2.75) is 19.8 Å². The molecule has 0 saturated carbocycles. The first-order valence-electron chi connectivity index (χ1n) is 6.20. The van der Waals surface area contributed by atoms with Crippen LogP contribution in [0.2, 0.25) is 0 Å². The Bertz CT molecular complexity index is 581. The lowest BCUT2D eigenvalue weighted by Gasteiger charge is -2.07. The van der Waals surface area contributed by atoms with Gasteiger partial charge in [0.1, 0.15) is 0 Å². The first-order valence-corrected chi connectivity index (χ1v) is 6.20. The van der Waals surface area contributed by atoms with Crippen LogP contribution in [0.4, 0.5) is 11.4 Å². The number of hydrogen-bond donors (Lipinski definition) is 2. The van der Waals surface area contributed by atoms with Gasteiger partial charge in [-0.1, -0.05) is 12.1 Å². The molecular weight excluding hydrogens is 238 g/mol. The lowest BCUT2D eigenvalue weighted by atomic mass is 10.1. The van der Waals surface area contributed by atoms with Crippen molar-refractivity contribution in [3.8, 4) is 0 Å². The van der Waals surface area contributed by atoms with Gasteiger partial charge < -0.3 is 11.1 Å². The largest absolute Gasteiger partial charge is 0.399 e. The predicted molar refractivity (Wildman–Crippen MR) is 76.8 cm³/mol. The van der Waals surface area contributed by atoms with Gasteiger partial charge >= 0.3 is 0 Å². The Morgan fingerprint density at radius 1 is 1.37 bits per heavy atom. The van der Waals surface area contributed by atoms with E-state index in [9.17, 15) is 4.79 Å². The van der Waals surface area contributed by atoms with Gasteiger partial charge in [0.2, 0.25) is 5.91 Å². The highest BCUT2D eigenvalue weighted by molar-refractivity contribution is 5.91. The van der Waals surface area contributed by atoms with Crippen LogP contribution in [0.1, 0.15) is 17.5 Å². The smallest absolute Gasteiger partial charge is 0.224 e. The fraction of sp³-hybridized carbons (Fsp3) is 0.200. The summed E-state index contributed by atoms with van der Waals surface area (Å²) in [6.07, 6.45) is 4.51. The van der Waals surface area contributed by atoms with E-state index in [1.807, 2.05) is 31.2 Å². The molecule has 3 N–H and O–H groups in total. The van der Waals surface area contributed by atoms with Gasteiger partial charge in [-0.2, -0.15) is 0 Å². The fourth-order valence-electron chi connectivity index (χ4n) is 1.83. The van der Waals surface area contributed by atoms with E-state index in [2.05, 4.69) is 10.3 Å². The van der Waals surface area contributed by atoms with E-state index < -0.39 is 0 Å². The molecule has 0 unspecified atom stereocenters. The molecule has 1 aromatic heterocycles. The van der Waals surface area contributed by atoms with Crippen molar-refractivity contribution in [3.05, 3.63) is 53.9 Å². The number of amides is 1. The first kappa shape index (κ1) is 13.1. The molecule has 4 heteroatoms. The average molecular weight is 255 g/mol. The predicted octanol–water partition coefficient (Wildman–Crippen LogP) is 2.54. The summed E-state index contributed by atoms with van der Waals surface area (Å²) in [7, 11) is 0. The molecule has 19 heavy (non-hydrogen) atoms. The number of hydrogen-bond acceptors (Lipinski definition) is 3. The molecule has 4 nitrogen and oxygen atoms in total. The Kier molecular flexibility index (Phi) is 4.13. The minimum Gasteiger partial charge on any atom is -0.399 e. The molecule has 0 atom stereocenters. The Hall–Kier alpha value is -2.36. The van der Waals surface area contributed by atoms with Crippen molar-refractivity contribution >= 4 is 17.3 Å². The molecule has 1 amide bonds. The quantitative estimate of drug-likeness (QED) is 0.825. The van der Waals surface area contributed by atoms with Crippen molar-refractivity contribution < 1.29 is 4.79 Å². The van der Waals surface area contributed by atoms with Crippen LogP contribution >= 0.6 is 0 Å². The van der Waals surface area contributed by atoms with Crippen LogP contribution in [0.25, 0.3) is 0 Å². The van der Waals surface area contributed by atoms with E-state index >= 15 is 0 Å². The van der Waals surface area contributed by atoms with Crippen molar-refractivity contribution in [2.75, 3.05) is 11.1 Å². The second kappa shape index (κ2) is 6.00. The lowest BCUT2D eigenvalue weighted by molar-refractivity contribution is -0.116. The SMILES string of the molecule is Cc1cnccc1NC(=O)CCc1cccc(N)c1. The molecule has 1 heterocycles. The summed E-state index contributed by atoms with van der Waals surface area (Å²) in [5.41, 5.74) is 9.27. The molecule has 0 spiro atoms. The Morgan fingerprint density at radius 3 is 2.95 bits per heavy atom. The number of pyridine rings is 1. The van der Waals surface area contributed by atoms with Crippen molar-refractivity contribution in [1.29, 1.82) is 0 Å². The van der Waals surface area contributed by atoms with E-state index in [1.165, 1.54) is 0 Å². The van der Waals surface area contributed by atoms with Crippen LogP contribution in [0.15, 0.2) is 42.7 Å². The van der Waals surface area contributed by atoms with Crippen LogP contribution < -0.4 is 11.1 Å². The van der Waals surface area contributed by atoms with Gasteiger partial charge in [-0.15, -0.1) is 0 Å². The molecule has 0 aliphatic carbocycles. The number of aromatic nitrogens is 1. The number of aryl methyl sites for hydroxylation is 2.